The normalized spacial score (nSPS) is 11.0. The molecule has 0 radical (unpaired) electrons. The number of esters is 1. The van der Waals surface area contributed by atoms with Crippen molar-refractivity contribution in [2.75, 3.05) is 23.8 Å². The monoisotopic (exact) mass is 489 g/mol. The molecule has 3 N–H and O–H groups in total. The predicted octanol–water partition coefficient (Wildman–Crippen LogP) is 4.46. The van der Waals surface area contributed by atoms with Crippen molar-refractivity contribution >= 4 is 29.3 Å². The summed E-state index contributed by atoms with van der Waals surface area (Å²) in [5, 5.41) is 11.6. The van der Waals surface area contributed by atoms with Gasteiger partial charge in [0.15, 0.2) is 5.69 Å². The predicted molar refractivity (Wildman–Crippen MR) is 122 cm³/mol. The van der Waals surface area contributed by atoms with E-state index in [2.05, 4.69) is 25.8 Å². The van der Waals surface area contributed by atoms with E-state index < -0.39 is 35.3 Å². The van der Waals surface area contributed by atoms with E-state index in [1.165, 1.54) is 31.2 Å². The molecule has 35 heavy (non-hydrogen) atoms. The standard InChI is InChI=1S/C23H22F3N5O4/c1-3-27-22(34)30-16-7-5-6-15(12-16)29-20(32)14-8-10-17(11-9-14)31-19(23(24,25)26)18(13-28-31)21(33)35-4-2/h5-13H,3-4H2,1-2H3,(H,29,32)(H2,27,30,34). The lowest BCUT2D eigenvalue weighted by Crippen LogP contribution is -2.28. The van der Waals surface area contributed by atoms with Crippen molar-refractivity contribution in [1.29, 1.82) is 0 Å². The number of nitrogens with zero attached hydrogens (tertiary/aromatic N) is 2. The molecule has 0 atom stereocenters. The Morgan fingerprint density at radius 1 is 1.00 bits per heavy atom. The number of nitrogens with one attached hydrogen (secondary N) is 3. The highest BCUT2D eigenvalue weighted by Gasteiger charge is 2.41. The highest BCUT2D eigenvalue weighted by Crippen LogP contribution is 2.34. The van der Waals surface area contributed by atoms with Gasteiger partial charge < -0.3 is 20.7 Å². The average Bonchev–Trinajstić information content (AvgIpc) is 3.26. The third-order valence-electron chi connectivity index (χ3n) is 4.62. The first-order chi connectivity index (χ1) is 16.6. The zero-order valence-electron chi connectivity index (χ0n) is 18.8. The molecule has 1 aromatic heterocycles. The molecule has 0 unspecified atom stereocenters. The molecule has 0 aliphatic carbocycles. The van der Waals surface area contributed by atoms with Gasteiger partial charge in [0.2, 0.25) is 0 Å². The Bertz CT molecular complexity index is 1220. The zero-order valence-corrected chi connectivity index (χ0v) is 18.8. The number of alkyl halides is 3. The fourth-order valence-electron chi connectivity index (χ4n) is 3.14. The summed E-state index contributed by atoms with van der Waals surface area (Å²) >= 11 is 0. The molecular formula is C23H22F3N5O4. The van der Waals surface area contributed by atoms with Crippen LogP contribution in [0.4, 0.5) is 29.3 Å². The van der Waals surface area contributed by atoms with E-state index in [0.717, 1.165) is 6.20 Å². The molecule has 1 heterocycles. The first-order valence-corrected chi connectivity index (χ1v) is 10.5. The zero-order chi connectivity index (χ0) is 25.6. The third-order valence-corrected chi connectivity index (χ3v) is 4.62. The molecule has 0 spiro atoms. The second kappa shape index (κ2) is 10.7. The van der Waals surface area contributed by atoms with Crippen molar-refractivity contribution in [3.8, 4) is 5.69 Å². The molecule has 184 valence electrons. The van der Waals surface area contributed by atoms with Crippen LogP contribution in [-0.2, 0) is 10.9 Å². The topological polar surface area (TPSA) is 114 Å². The van der Waals surface area contributed by atoms with E-state index in [-0.39, 0.29) is 17.9 Å². The van der Waals surface area contributed by atoms with Crippen LogP contribution in [0.25, 0.3) is 5.69 Å². The van der Waals surface area contributed by atoms with Crippen LogP contribution < -0.4 is 16.0 Å². The lowest BCUT2D eigenvalue weighted by Gasteiger charge is -2.13. The van der Waals surface area contributed by atoms with Gasteiger partial charge in [0.05, 0.1) is 18.5 Å². The minimum atomic E-state index is -4.87. The SMILES string of the molecule is CCNC(=O)Nc1cccc(NC(=O)c2ccc(-n3ncc(C(=O)OCC)c3C(F)(F)F)cc2)c1. The third kappa shape index (κ3) is 6.16. The van der Waals surface area contributed by atoms with Crippen LogP contribution in [0.3, 0.4) is 0 Å². The molecule has 3 rings (SSSR count). The summed E-state index contributed by atoms with van der Waals surface area (Å²) in [5.41, 5.74) is -0.953. The Hall–Kier alpha value is -4.35. The van der Waals surface area contributed by atoms with E-state index >= 15 is 0 Å². The van der Waals surface area contributed by atoms with Gasteiger partial charge in [-0.1, -0.05) is 6.07 Å². The molecule has 3 aromatic rings. The number of halogens is 3. The number of benzene rings is 2. The number of amides is 3. The number of anilines is 2. The average molecular weight is 489 g/mol. The number of urea groups is 1. The molecule has 0 saturated carbocycles. The second-order valence-corrected chi connectivity index (χ2v) is 7.10. The molecular weight excluding hydrogens is 467 g/mol. The van der Waals surface area contributed by atoms with Gasteiger partial charge in [0.25, 0.3) is 5.91 Å². The van der Waals surface area contributed by atoms with E-state index in [4.69, 9.17) is 0 Å². The van der Waals surface area contributed by atoms with Gasteiger partial charge in [0.1, 0.15) is 5.56 Å². The van der Waals surface area contributed by atoms with Gasteiger partial charge in [0, 0.05) is 23.5 Å². The summed E-state index contributed by atoms with van der Waals surface area (Å²) in [4.78, 5) is 36.2. The number of carbonyl (C=O) groups is 3. The van der Waals surface area contributed by atoms with Crippen LogP contribution in [0.1, 0.15) is 40.3 Å². The van der Waals surface area contributed by atoms with Crippen LogP contribution in [0, 0.1) is 0 Å². The van der Waals surface area contributed by atoms with Gasteiger partial charge >= 0.3 is 18.2 Å². The number of carbonyl (C=O) groups excluding carboxylic acids is 3. The van der Waals surface area contributed by atoms with E-state index in [1.54, 1.807) is 31.2 Å². The van der Waals surface area contributed by atoms with Crippen molar-refractivity contribution in [1.82, 2.24) is 15.1 Å². The van der Waals surface area contributed by atoms with Crippen LogP contribution in [0.5, 0.6) is 0 Å². The van der Waals surface area contributed by atoms with Gasteiger partial charge in [-0.25, -0.2) is 14.3 Å². The number of hydrogen-bond acceptors (Lipinski definition) is 5. The summed E-state index contributed by atoms with van der Waals surface area (Å²) in [6.07, 6.45) is -4.08. The fourth-order valence-corrected chi connectivity index (χ4v) is 3.14. The van der Waals surface area contributed by atoms with Crippen molar-refractivity contribution in [3.05, 3.63) is 71.5 Å². The molecule has 2 aromatic carbocycles. The molecule has 0 saturated heterocycles. The van der Waals surface area contributed by atoms with E-state index in [1.807, 2.05) is 0 Å². The summed E-state index contributed by atoms with van der Waals surface area (Å²) in [5.74, 6) is -1.65. The first kappa shape index (κ1) is 25.3. The highest BCUT2D eigenvalue weighted by molar-refractivity contribution is 6.04. The van der Waals surface area contributed by atoms with Crippen LogP contribution in [0.2, 0.25) is 0 Å². The number of aromatic nitrogens is 2. The Kier molecular flexibility index (Phi) is 7.74. The molecule has 0 bridgehead atoms. The molecule has 9 nitrogen and oxygen atoms in total. The quantitative estimate of drug-likeness (QED) is 0.424. The Morgan fingerprint density at radius 2 is 1.66 bits per heavy atom. The number of ether oxygens (including phenoxy) is 1. The molecule has 3 amide bonds. The molecule has 0 fully saturated rings. The molecule has 0 aliphatic rings. The summed E-state index contributed by atoms with van der Waals surface area (Å²) in [6, 6.07) is 11.3. The number of hydrogen-bond donors (Lipinski definition) is 3. The van der Waals surface area contributed by atoms with Crippen molar-refractivity contribution in [3.63, 3.8) is 0 Å². The minimum absolute atomic E-state index is 0.00226. The van der Waals surface area contributed by atoms with Crippen molar-refractivity contribution < 1.29 is 32.3 Å². The maximum atomic E-state index is 13.7. The lowest BCUT2D eigenvalue weighted by molar-refractivity contribution is -0.143. The minimum Gasteiger partial charge on any atom is -0.462 e. The van der Waals surface area contributed by atoms with E-state index in [9.17, 15) is 27.6 Å². The fraction of sp³-hybridized carbons (Fsp3) is 0.217. The summed E-state index contributed by atoms with van der Waals surface area (Å²) in [6.45, 7) is 3.62. The number of rotatable bonds is 7. The highest BCUT2D eigenvalue weighted by atomic mass is 19.4. The van der Waals surface area contributed by atoms with Gasteiger partial charge in [-0.2, -0.15) is 18.3 Å². The first-order valence-electron chi connectivity index (χ1n) is 10.5. The van der Waals surface area contributed by atoms with Crippen LogP contribution in [0.15, 0.2) is 54.7 Å². The largest absolute Gasteiger partial charge is 0.462 e. The van der Waals surface area contributed by atoms with Crippen molar-refractivity contribution in [2.24, 2.45) is 0 Å². The second-order valence-electron chi connectivity index (χ2n) is 7.10. The van der Waals surface area contributed by atoms with E-state index in [0.29, 0.717) is 22.6 Å². The lowest BCUT2D eigenvalue weighted by atomic mass is 10.1. The summed E-state index contributed by atoms with van der Waals surface area (Å²) < 4.78 is 46.3. The van der Waals surface area contributed by atoms with Crippen LogP contribution in [-0.4, -0.2) is 40.8 Å². The summed E-state index contributed by atoms with van der Waals surface area (Å²) in [7, 11) is 0. The van der Waals surface area contributed by atoms with Gasteiger partial charge in [-0.05, 0) is 56.3 Å². The molecule has 0 aliphatic heterocycles. The Balaban J connectivity index is 1.79. The maximum absolute atomic E-state index is 13.7. The van der Waals surface area contributed by atoms with Crippen molar-refractivity contribution in [2.45, 2.75) is 20.0 Å². The van der Waals surface area contributed by atoms with Crippen LogP contribution >= 0.6 is 0 Å². The van der Waals surface area contributed by atoms with Gasteiger partial charge in [-0.15, -0.1) is 0 Å². The Morgan fingerprint density at radius 3 is 2.26 bits per heavy atom. The van der Waals surface area contributed by atoms with Gasteiger partial charge in [-0.3, -0.25) is 4.79 Å². The molecule has 12 heteroatoms. The Labute approximate surface area is 198 Å². The smallest absolute Gasteiger partial charge is 0.434 e. The maximum Gasteiger partial charge on any atom is 0.434 e.